The number of carbonyl (C=O) groups excluding carboxylic acids is 1. The van der Waals surface area contributed by atoms with Crippen LogP contribution in [-0.4, -0.2) is 11.6 Å². The Morgan fingerprint density at radius 1 is 0.543 bits per heavy atom. The van der Waals surface area contributed by atoms with Crippen LogP contribution in [0.25, 0.3) is 11.1 Å². The van der Waals surface area contributed by atoms with Crippen molar-refractivity contribution in [3.8, 4) is 11.1 Å². The highest BCUT2D eigenvalue weighted by Crippen LogP contribution is 2.43. The van der Waals surface area contributed by atoms with Crippen molar-refractivity contribution in [1.29, 1.82) is 0 Å². The first-order chi connectivity index (χ1) is 17.2. The molecule has 0 aliphatic rings. The number of carbonyl (C=O) groups is 1. The van der Waals surface area contributed by atoms with Crippen LogP contribution in [0.5, 0.6) is 0 Å². The first kappa shape index (κ1) is 22.8. The molecular weight excluding hydrogens is 443 g/mol. The van der Waals surface area contributed by atoms with E-state index in [1.165, 1.54) is 27.0 Å². The molecule has 0 aliphatic heterocycles. The molecule has 0 aromatic heterocycles. The third-order valence-corrected chi connectivity index (χ3v) is 10.4. The molecule has 0 unspecified atom stereocenters. The topological polar surface area (TPSA) is 17.1 Å². The van der Waals surface area contributed by atoms with Gasteiger partial charge in [0.2, 0.25) is 0 Å². The predicted molar refractivity (Wildman–Crippen MR) is 152 cm³/mol. The van der Waals surface area contributed by atoms with Gasteiger partial charge in [0.1, 0.15) is 0 Å². The van der Waals surface area contributed by atoms with Crippen LogP contribution >= 0.6 is 6.89 Å². The second-order valence-electron chi connectivity index (χ2n) is 8.61. The molecule has 0 bridgehead atoms. The van der Waals surface area contributed by atoms with Crippen LogP contribution in [0.1, 0.15) is 15.9 Å². The largest absolute Gasteiger partial charge is 0.289 e. The average Bonchev–Trinajstić information content (AvgIpc) is 2.93. The molecule has 5 aromatic rings. The summed E-state index contributed by atoms with van der Waals surface area (Å²) in [7, 11) is 0. The molecule has 0 N–H and O–H groups in total. The van der Waals surface area contributed by atoms with Gasteiger partial charge in [0, 0.05) is 5.56 Å². The van der Waals surface area contributed by atoms with E-state index < -0.39 is 6.89 Å². The van der Waals surface area contributed by atoms with Gasteiger partial charge in [-0.1, -0.05) is 140 Å². The van der Waals surface area contributed by atoms with Crippen LogP contribution in [0.2, 0.25) is 0 Å². The second kappa shape index (κ2) is 10.1. The van der Waals surface area contributed by atoms with E-state index in [1.54, 1.807) is 0 Å². The summed E-state index contributed by atoms with van der Waals surface area (Å²) in [4.78, 5) is 13.9. The first-order valence-electron chi connectivity index (χ1n) is 11.8. The molecule has 35 heavy (non-hydrogen) atoms. The predicted octanol–water partition coefficient (Wildman–Crippen LogP) is 6.64. The summed E-state index contributed by atoms with van der Waals surface area (Å²) in [5.41, 5.74) is 4.24. The molecule has 0 heterocycles. The van der Waals surface area contributed by atoms with Gasteiger partial charge < -0.3 is 0 Å². The fourth-order valence-corrected chi connectivity index (χ4v) is 8.39. The quantitative estimate of drug-likeness (QED) is 0.201. The Hall–Kier alpha value is -3.93. The van der Waals surface area contributed by atoms with Crippen molar-refractivity contribution in [3.63, 3.8) is 0 Å². The molecule has 0 amide bonds. The van der Waals surface area contributed by atoms with E-state index in [2.05, 4.69) is 104 Å². The molecule has 1 nitrogen and oxygen atoms in total. The Morgan fingerprint density at radius 3 is 1.43 bits per heavy atom. The molecular formula is C33H27OP. The third-order valence-electron chi connectivity index (χ3n) is 6.43. The summed E-state index contributed by atoms with van der Waals surface area (Å²) in [5.74, 6) is 2.04. The lowest BCUT2D eigenvalue weighted by Crippen LogP contribution is -2.28. The van der Waals surface area contributed by atoms with Crippen LogP contribution in [0.4, 0.5) is 0 Å². The number of aryl methyl sites for hydroxylation is 1. The lowest BCUT2D eigenvalue weighted by atomic mass is 9.99. The standard InChI is InChI=1S/C33H27OP/c1-26-13-11-12-20-32(26)27-21-23-28(24-22-27)33(34)25-35(29-14-5-2-6-15-29,30-16-7-3-8-17-30)31-18-9-4-10-19-31/h2-25H,1H3. The highest BCUT2D eigenvalue weighted by atomic mass is 31.2. The van der Waals surface area contributed by atoms with Gasteiger partial charge in [-0.15, -0.1) is 0 Å². The lowest BCUT2D eigenvalue weighted by molar-refractivity contribution is 0.107. The minimum absolute atomic E-state index is 0.0474. The molecule has 5 aromatic carbocycles. The van der Waals surface area contributed by atoms with Gasteiger partial charge in [-0.05, 0) is 52.2 Å². The molecule has 0 atom stereocenters. The number of ketones is 1. The number of hydrogen-bond donors (Lipinski definition) is 0. The first-order valence-corrected chi connectivity index (χ1v) is 13.7. The summed E-state index contributed by atoms with van der Waals surface area (Å²) in [6.07, 6.45) is 0. The van der Waals surface area contributed by atoms with Crippen molar-refractivity contribution in [2.24, 2.45) is 0 Å². The number of rotatable bonds is 6. The van der Waals surface area contributed by atoms with Crippen molar-refractivity contribution in [3.05, 3.63) is 151 Å². The third kappa shape index (κ3) is 4.56. The number of benzene rings is 5. The van der Waals surface area contributed by atoms with E-state index in [4.69, 9.17) is 0 Å². The smallest absolute Gasteiger partial charge is 0.186 e. The van der Waals surface area contributed by atoms with Gasteiger partial charge in [0.05, 0.1) is 0 Å². The van der Waals surface area contributed by atoms with E-state index >= 15 is 0 Å². The van der Waals surface area contributed by atoms with Crippen molar-refractivity contribution >= 4 is 34.4 Å². The zero-order valence-corrected chi connectivity index (χ0v) is 20.6. The van der Waals surface area contributed by atoms with Gasteiger partial charge in [0.15, 0.2) is 5.78 Å². The minimum Gasteiger partial charge on any atom is -0.289 e. The Kier molecular flexibility index (Phi) is 6.62. The van der Waals surface area contributed by atoms with Gasteiger partial charge in [0.25, 0.3) is 0 Å². The molecule has 0 radical (unpaired) electrons. The maximum Gasteiger partial charge on any atom is 0.186 e. The molecule has 0 fully saturated rings. The maximum atomic E-state index is 13.9. The molecule has 2 heteroatoms. The van der Waals surface area contributed by atoms with Crippen LogP contribution in [0, 0.1) is 6.92 Å². The number of hydrogen-bond acceptors (Lipinski definition) is 1. The Bertz CT molecular complexity index is 1380. The number of Topliss-reactive ketones (excluding diaryl/α,β-unsaturated/α-hetero) is 1. The molecule has 0 spiro atoms. The summed E-state index contributed by atoms with van der Waals surface area (Å²) in [6, 6.07) is 47.7. The van der Waals surface area contributed by atoms with Crippen LogP contribution in [-0.2, 0) is 0 Å². The van der Waals surface area contributed by atoms with Gasteiger partial charge in [-0.3, -0.25) is 4.79 Å². The van der Waals surface area contributed by atoms with Crippen molar-refractivity contribution in [2.45, 2.75) is 6.92 Å². The normalized spacial score (nSPS) is 11.1. The van der Waals surface area contributed by atoms with E-state index in [0.717, 1.165) is 5.56 Å². The minimum atomic E-state index is -2.33. The zero-order chi connectivity index (χ0) is 24.1. The summed E-state index contributed by atoms with van der Waals surface area (Å²) >= 11 is 0. The fraction of sp³-hybridized carbons (Fsp3) is 0.0303. The lowest BCUT2D eigenvalue weighted by Gasteiger charge is -2.28. The fourth-order valence-electron chi connectivity index (χ4n) is 4.62. The SMILES string of the molecule is Cc1ccccc1-c1ccc(C(=O)C=P(c2ccccc2)(c2ccccc2)c2ccccc2)cc1. The van der Waals surface area contributed by atoms with E-state index in [9.17, 15) is 4.79 Å². The Morgan fingerprint density at radius 2 is 0.971 bits per heavy atom. The van der Waals surface area contributed by atoms with Crippen molar-refractivity contribution in [1.82, 2.24) is 0 Å². The van der Waals surface area contributed by atoms with Crippen molar-refractivity contribution in [2.75, 3.05) is 0 Å². The van der Waals surface area contributed by atoms with Gasteiger partial charge in [-0.2, -0.15) is 0 Å². The molecule has 170 valence electrons. The summed E-state index contributed by atoms with van der Waals surface area (Å²) in [6.45, 7) is -0.215. The maximum absolute atomic E-state index is 13.9. The molecule has 0 saturated carbocycles. The Labute approximate surface area is 207 Å². The zero-order valence-electron chi connectivity index (χ0n) is 19.7. The Balaban J connectivity index is 1.69. The summed E-state index contributed by atoms with van der Waals surface area (Å²) in [5, 5.41) is 3.51. The highest BCUT2D eigenvalue weighted by Gasteiger charge is 2.26. The monoisotopic (exact) mass is 470 g/mol. The van der Waals surface area contributed by atoms with Crippen LogP contribution < -0.4 is 15.9 Å². The van der Waals surface area contributed by atoms with E-state index in [1.807, 2.05) is 48.3 Å². The van der Waals surface area contributed by atoms with Crippen molar-refractivity contribution < 1.29 is 4.79 Å². The van der Waals surface area contributed by atoms with E-state index in [-0.39, 0.29) is 5.78 Å². The summed E-state index contributed by atoms with van der Waals surface area (Å²) < 4.78 is 0. The second-order valence-corrected chi connectivity index (χ2v) is 11.9. The molecule has 0 saturated heterocycles. The average molecular weight is 471 g/mol. The molecule has 0 aliphatic carbocycles. The van der Waals surface area contributed by atoms with Crippen LogP contribution in [0.15, 0.2) is 140 Å². The van der Waals surface area contributed by atoms with Crippen LogP contribution in [0.3, 0.4) is 0 Å². The van der Waals surface area contributed by atoms with E-state index in [0.29, 0.717) is 5.56 Å². The molecule has 5 rings (SSSR count). The highest BCUT2D eigenvalue weighted by molar-refractivity contribution is 7.95. The van der Waals surface area contributed by atoms with Gasteiger partial charge >= 0.3 is 0 Å². The van der Waals surface area contributed by atoms with Gasteiger partial charge in [-0.25, -0.2) is 0 Å².